The van der Waals surface area contributed by atoms with Crippen LogP contribution in [-0.4, -0.2) is 59.2 Å². The molecule has 1 saturated carbocycles. The molecule has 1 aliphatic carbocycles. The van der Waals surface area contributed by atoms with E-state index in [1.54, 1.807) is 18.3 Å². The van der Waals surface area contributed by atoms with Crippen molar-refractivity contribution < 1.29 is 19.1 Å². The van der Waals surface area contributed by atoms with Crippen LogP contribution in [0, 0.1) is 0 Å². The van der Waals surface area contributed by atoms with Crippen LogP contribution in [0.25, 0.3) is 5.52 Å². The van der Waals surface area contributed by atoms with Crippen LogP contribution in [0.4, 0.5) is 0 Å². The third-order valence-corrected chi connectivity index (χ3v) is 8.00. The number of unbranched alkanes of at least 4 members (excludes halogenated alkanes) is 1. The topological polar surface area (TPSA) is 80.1 Å². The number of hydrogen-bond acceptors (Lipinski definition) is 5. The first-order chi connectivity index (χ1) is 19.3. The molecule has 1 fully saturated rings. The molecule has 0 aliphatic heterocycles. The lowest BCUT2D eigenvalue weighted by atomic mass is 10.0. The van der Waals surface area contributed by atoms with Crippen molar-refractivity contribution in [1.82, 2.24) is 14.6 Å². The summed E-state index contributed by atoms with van der Waals surface area (Å²) in [6, 6.07) is 14.0. The molecule has 0 unspecified atom stereocenters. The first kappa shape index (κ1) is 29.5. The molecule has 2 heterocycles. The average Bonchev–Trinajstić information content (AvgIpc) is 3.62. The molecule has 3 aromatic rings. The summed E-state index contributed by atoms with van der Waals surface area (Å²) in [5, 5.41) is 3.68. The van der Waals surface area contributed by atoms with Gasteiger partial charge in [0.05, 0.1) is 12.8 Å². The number of carbonyl (C=O) groups is 3. The van der Waals surface area contributed by atoms with Gasteiger partial charge in [-0.3, -0.25) is 14.4 Å². The van der Waals surface area contributed by atoms with Crippen molar-refractivity contribution in [1.29, 1.82) is 0 Å². The van der Waals surface area contributed by atoms with Gasteiger partial charge in [-0.25, -0.2) is 0 Å². The number of amides is 1. The Bertz CT molecular complexity index is 1320. The Balaban J connectivity index is 1.45. The number of nitrogens with zero attached hydrogens (tertiary/aromatic N) is 2. The molecule has 0 spiro atoms. The highest BCUT2D eigenvalue weighted by molar-refractivity contribution is 6.10. The summed E-state index contributed by atoms with van der Waals surface area (Å²) < 4.78 is 6.63. The lowest BCUT2D eigenvalue weighted by Gasteiger charge is -2.25. The second kappa shape index (κ2) is 13.8. The molecule has 214 valence electrons. The van der Waals surface area contributed by atoms with Gasteiger partial charge in [0.2, 0.25) is 5.78 Å². The minimum absolute atomic E-state index is 0.0299. The number of ketones is 1. The van der Waals surface area contributed by atoms with Crippen molar-refractivity contribution >= 4 is 23.2 Å². The largest absolute Gasteiger partial charge is 0.468 e. The molecular formula is C33H43N3O4. The predicted molar refractivity (Wildman–Crippen MR) is 158 cm³/mol. The minimum atomic E-state index is -0.464. The molecule has 0 bridgehead atoms. The van der Waals surface area contributed by atoms with Crippen LogP contribution in [-0.2, 0) is 22.4 Å². The van der Waals surface area contributed by atoms with Crippen molar-refractivity contribution in [3.8, 4) is 0 Å². The lowest BCUT2D eigenvalue weighted by molar-refractivity contribution is -0.141. The van der Waals surface area contributed by atoms with Crippen LogP contribution >= 0.6 is 0 Å². The zero-order chi connectivity index (χ0) is 28.6. The summed E-state index contributed by atoms with van der Waals surface area (Å²) >= 11 is 0. The number of fused-ring (bicyclic) bond motifs is 1. The average molecular weight is 546 g/mol. The van der Waals surface area contributed by atoms with Gasteiger partial charge in [0.1, 0.15) is 6.54 Å². The highest BCUT2D eigenvalue weighted by Crippen LogP contribution is 2.23. The fraction of sp³-hybridized carbons (Fsp3) is 0.485. The molecule has 0 radical (unpaired) electrons. The van der Waals surface area contributed by atoms with E-state index in [0.29, 0.717) is 23.2 Å². The first-order valence-corrected chi connectivity index (χ1v) is 14.7. The molecule has 1 N–H and O–H groups in total. The van der Waals surface area contributed by atoms with E-state index in [1.807, 2.05) is 43.4 Å². The zero-order valence-corrected chi connectivity index (χ0v) is 24.4. The quantitative estimate of drug-likeness (QED) is 0.172. The van der Waals surface area contributed by atoms with Crippen LogP contribution in [0.3, 0.4) is 0 Å². The number of nitrogens with one attached hydrogen (secondary N) is 1. The van der Waals surface area contributed by atoms with Gasteiger partial charge in [0.15, 0.2) is 0 Å². The molecule has 2 aromatic heterocycles. The Morgan fingerprint density at radius 1 is 1.02 bits per heavy atom. The van der Waals surface area contributed by atoms with E-state index in [0.717, 1.165) is 42.9 Å². The summed E-state index contributed by atoms with van der Waals surface area (Å²) in [6.07, 6.45) is 11.1. The molecule has 7 nitrogen and oxygen atoms in total. The van der Waals surface area contributed by atoms with E-state index in [2.05, 4.69) is 17.4 Å². The molecule has 4 rings (SSSR count). The number of hydrogen-bond donors (Lipinski definition) is 1. The maximum atomic E-state index is 13.7. The van der Waals surface area contributed by atoms with Gasteiger partial charge in [0.25, 0.3) is 5.91 Å². The second-order valence-electron chi connectivity index (χ2n) is 11.1. The van der Waals surface area contributed by atoms with Crippen molar-refractivity contribution in [3.05, 3.63) is 76.6 Å². The fourth-order valence-electron chi connectivity index (χ4n) is 5.60. The number of benzene rings is 1. The van der Waals surface area contributed by atoms with Crippen LogP contribution < -0.4 is 5.32 Å². The molecular weight excluding hydrogens is 502 g/mol. The van der Waals surface area contributed by atoms with E-state index in [-0.39, 0.29) is 24.3 Å². The van der Waals surface area contributed by atoms with Crippen LogP contribution in [0.15, 0.2) is 48.7 Å². The van der Waals surface area contributed by atoms with E-state index in [9.17, 15) is 14.4 Å². The monoisotopic (exact) mass is 545 g/mol. The molecule has 1 amide bonds. The zero-order valence-electron chi connectivity index (χ0n) is 24.4. The third kappa shape index (κ3) is 7.00. The Morgan fingerprint density at radius 2 is 1.75 bits per heavy atom. The van der Waals surface area contributed by atoms with E-state index < -0.39 is 5.97 Å². The number of ether oxygens (including phenoxy) is 1. The maximum absolute atomic E-state index is 13.7. The van der Waals surface area contributed by atoms with Crippen LogP contribution in [0.5, 0.6) is 0 Å². The van der Waals surface area contributed by atoms with Crippen molar-refractivity contribution in [2.24, 2.45) is 0 Å². The Hall–Kier alpha value is -3.45. The smallest absolute Gasteiger partial charge is 0.325 e. The molecule has 7 heteroatoms. The predicted octanol–water partition coefficient (Wildman–Crippen LogP) is 5.61. The van der Waals surface area contributed by atoms with E-state index in [1.165, 1.54) is 43.3 Å². The van der Waals surface area contributed by atoms with Crippen LogP contribution in [0.1, 0.15) is 96.8 Å². The summed E-state index contributed by atoms with van der Waals surface area (Å²) in [6.45, 7) is 6.72. The first-order valence-electron chi connectivity index (χ1n) is 14.7. The number of methoxy groups -OCH3 is 1. The SMILES string of the molecule is CCc1cc2cc(C(=O)N(CC(=O)OC)C(C)C)ccn2c1C(=O)c1ccc(CCCCNC2CCCC2)cc1. The summed E-state index contributed by atoms with van der Waals surface area (Å²) in [5.74, 6) is -0.744. The summed E-state index contributed by atoms with van der Waals surface area (Å²) in [5.41, 5.74) is 4.70. The van der Waals surface area contributed by atoms with E-state index in [4.69, 9.17) is 4.74 Å². The van der Waals surface area contributed by atoms with Gasteiger partial charge in [-0.2, -0.15) is 0 Å². The minimum Gasteiger partial charge on any atom is -0.468 e. The molecule has 1 aliphatic rings. The Morgan fingerprint density at radius 3 is 2.40 bits per heavy atom. The Kier molecular flexibility index (Phi) is 10.2. The van der Waals surface area contributed by atoms with Crippen molar-refractivity contribution in [2.75, 3.05) is 20.2 Å². The maximum Gasteiger partial charge on any atom is 0.325 e. The number of pyridine rings is 1. The summed E-state index contributed by atoms with van der Waals surface area (Å²) in [4.78, 5) is 40.2. The Labute approximate surface area is 237 Å². The van der Waals surface area contributed by atoms with Crippen LogP contribution in [0.2, 0.25) is 0 Å². The molecule has 0 saturated heterocycles. The highest BCUT2D eigenvalue weighted by Gasteiger charge is 2.24. The van der Waals surface area contributed by atoms with Crippen molar-refractivity contribution in [3.63, 3.8) is 0 Å². The summed E-state index contributed by atoms with van der Waals surface area (Å²) in [7, 11) is 1.31. The number of esters is 1. The van der Waals surface area contributed by atoms with E-state index >= 15 is 0 Å². The van der Waals surface area contributed by atoms with Gasteiger partial charge in [-0.1, -0.05) is 44.0 Å². The normalized spacial score (nSPS) is 13.7. The standard InChI is InChI=1S/C33H43N3O4/c1-5-25-20-29-21-27(33(39)36(23(2)3)22-30(37)40-4)17-19-35(29)31(25)32(38)26-15-13-24(14-16-26)10-8-9-18-34-28-11-6-7-12-28/h13-17,19-21,23,28,34H,5-12,18,22H2,1-4H3. The van der Waals surface area contributed by atoms with Gasteiger partial charge >= 0.3 is 5.97 Å². The molecule has 40 heavy (non-hydrogen) atoms. The second-order valence-corrected chi connectivity index (χ2v) is 11.1. The lowest BCUT2D eigenvalue weighted by Crippen LogP contribution is -2.41. The number of carbonyl (C=O) groups excluding carboxylic acids is 3. The van der Waals surface area contributed by atoms with Gasteiger partial charge < -0.3 is 19.4 Å². The molecule has 0 atom stereocenters. The molecule has 1 aromatic carbocycles. The number of aryl methyl sites for hydroxylation is 2. The third-order valence-electron chi connectivity index (χ3n) is 8.00. The number of aromatic nitrogens is 1. The highest BCUT2D eigenvalue weighted by atomic mass is 16.5. The van der Waals surface area contributed by atoms with Gasteiger partial charge in [-0.15, -0.1) is 0 Å². The fourth-order valence-corrected chi connectivity index (χ4v) is 5.60. The van der Waals surface area contributed by atoms with Gasteiger partial charge in [-0.05, 0) is 88.2 Å². The van der Waals surface area contributed by atoms with Crippen molar-refractivity contribution in [2.45, 2.75) is 84.2 Å². The van der Waals surface area contributed by atoms with Gasteiger partial charge in [0, 0.05) is 34.9 Å². The number of rotatable bonds is 13.